The van der Waals surface area contributed by atoms with Crippen LogP contribution >= 0.6 is 0 Å². The number of hydrogen-bond acceptors (Lipinski definition) is 3. The molecule has 0 aliphatic heterocycles. The summed E-state index contributed by atoms with van der Waals surface area (Å²) in [6.45, 7) is 1.90. The molecule has 106 valence electrons. The Morgan fingerprint density at radius 2 is 2.10 bits per heavy atom. The Labute approximate surface area is 114 Å². The third kappa shape index (κ3) is 3.57. The Balaban J connectivity index is 1.88. The van der Waals surface area contributed by atoms with Crippen LogP contribution in [0.25, 0.3) is 0 Å². The van der Waals surface area contributed by atoms with E-state index in [0.717, 1.165) is 12.1 Å². The van der Waals surface area contributed by atoms with E-state index in [2.05, 4.69) is 10.6 Å². The Hall–Kier alpha value is -2.37. The van der Waals surface area contributed by atoms with Gasteiger partial charge in [0.1, 0.15) is 11.8 Å². The van der Waals surface area contributed by atoms with Gasteiger partial charge in [-0.2, -0.15) is 0 Å². The van der Waals surface area contributed by atoms with Crippen molar-refractivity contribution in [3.05, 3.63) is 54.0 Å². The summed E-state index contributed by atoms with van der Waals surface area (Å²) in [6.07, 6.45) is 1.52. The summed E-state index contributed by atoms with van der Waals surface area (Å²) in [5.74, 6) is -1.52. The maximum Gasteiger partial charge on any atom is 0.242 e. The summed E-state index contributed by atoms with van der Waals surface area (Å²) >= 11 is 0. The molecule has 1 aromatic heterocycles. The van der Waals surface area contributed by atoms with Gasteiger partial charge in [-0.05, 0) is 31.2 Å². The molecule has 4 nitrogen and oxygen atoms in total. The van der Waals surface area contributed by atoms with Gasteiger partial charge in [0.25, 0.3) is 0 Å². The van der Waals surface area contributed by atoms with Gasteiger partial charge in [-0.15, -0.1) is 0 Å². The molecule has 0 radical (unpaired) electrons. The molecule has 0 saturated carbocycles. The number of amides is 1. The number of carbonyl (C=O) groups excluding carboxylic acids is 1. The van der Waals surface area contributed by atoms with Crippen molar-refractivity contribution in [1.29, 1.82) is 0 Å². The van der Waals surface area contributed by atoms with Gasteiger partial charge < -0.3 is 15.1 Å². The fourth-order valence-electron chi connectivity index (χ4n) is 1.64. The lowest BCUT2D eigenvalue weighted by Crippen LogP contribution is -2.37. The molecule has 0 spiro atoms. The number of rotatable bonds is 5. The average molecular weight is 280 g/mol. The first-order valence-electron chi connectivity index (χ1n) is 6.08. The minimum atomic E-state index is -0.960. The van der Waals surface area contributed by atoms with Crippen LogP contribution in [0.3, 0.4) is 0 Å². The lowest BCUT2D eigenvalue weighted by Gasteiger charge is -2.15. The topological polar surface area (TPSA) is 54.3 Å². The van der Waals surface area contributed by atoms with E-state index in [9.17, 15) is 13.6 Å². The van der Waals surface area contributed by atoms with Gasteiger partial charge in [-0.1, -0.05) is 0 Å². The monoisotopic (exact) mass is 280 g/mol. The van der Waals surface area contributed by atoms with Crippen LogP contribution in [0.1, 0.15) is 12.7 Å². The smallest absolute Gasteiger partial charge is 0.242 e. The Morgan fingerprint density at radius 3 is 2.75 bits per heavy atom. The maximum absolute atomic E-state index is 13.0. The molecule has 1 atom stereocenters. The highest BCUT2D eigenvalue weighted by Crippen LogP contribution is 2.14. The summed E-state index contributed by atoms with van der Waals surface area (Å²) < 4.78 is 30.9. The first-order chi connectivity index (χ1) is 9.56. The van der Waals surface area contributed by atoms with E-state index in [1.54, 1.807) is 19.1 Å². The second kappa shape index (κ2) is 6.18. The van der Waals surface area contributed by atoms with Gasteiger partial charge in [0.2, 0.25) is 5.91 Å². The van der Waals surface area contributed by atoms with E-state index in [1.165, 1.54) is 12.3 Å². The van der Waals surface area contributed by atoms with Crippen molar-refractivity contribution < 1.29 is 18.0 Å². The molecule has 20 heavy (non-hydrogen) atoms. The van der Waals surface area contributed by atoms with Crippen molar-refractivity contribution >= 4 is 11.6 Å². The van der Waals surface area contributed by atoms with Gasteiger partial charge >= 0.3 is 0 Å². The Kier molecular flexibility index (Phi) is 4.34. The van der Waals surface area contributed by atoms with Crippen LogP contribution in [0.15, 0.2) is 41.0 Å². The maximum atomic E-state index is 13.0. The third-order valence-electron chi connectivity index (χ3n) is 2.71. The molecule has 0 bridgehead atoms. The summed E-state index contributed by atoms with van der Waals surface area (Å²) in [5, 5.41) is 5.46. The van der Waals surface area contributed by atoms with Crippen LogP contribution in [0.4, 0.5) is 14.5 Å². The first kappa shape index (κ1) is 14.0. The normalized spacial score (nSPS) is 11.9. The minimum Gasteiger partial charge on any atom is -0.467 e. The predicted octanol–water partition coefficient (Wildman–Crippen LogP) is 2.67. The molecule has 1 unspecified atom stereocenters. The van der Waals surface area contributed by atoms with Crippen LogP contribution in [0.2, 0.25) is 0 Å². The summed E-state index contributed by atoms with van der Waals surface area (Å²) in [6, 6.07) is 6.26. The lowest BCUT2D eigenvalue weighted by atomic mass is 10.2. The number of furan rings is 1. The van der Waals surface area contributed by atoms with Crippen molar-refractivity contribution in [2.45, 2.75) is 19.5 Å². The van der Waals surface area contributed by atoms with Crippen molar-refractivity contribution in [3.8, 4) is 0 Å². The number of anilines is 1. The summed E-state index contributed by atoms with van der Waals surface area (Å²) in [4.78, 5) is 11.8. The van der Waals surface area contributed by atoms with E-state index in [4.69, 9.17) is 4.42 Å². The quantitative estimate of drug-likeness (QED) is 0.885. The molecule has 2 rings (SSSR count). The molecule has 1 aromatic carbocycles. The number of halogens is 2. The van der Waals surface area contributed by atoms with E-state index in [-0.39, 0.29) is 12.5 Å². The van der Waals surface area contributed by atoms with E-state index in [1.807, 2.05) is 0 Å². The first-order valence-corrected chi connectivity index (χ1v) is 6.08. The Morgan fingerprint density at radius 1 is 1.30 bits per heavy atom. The van der Waals surface area contributed by atoms with Gasteiger partial charge in [0.15, 0.2) is 11.6 Å². The largest absolute Gasteiger partial charge is 0.467 e. The van der Waals surface area contributed by atoms with E-state index in [0.29, 0.717) is 11.4 Å². The molecule has 2 N–H and O–H groups in total. The highest BCUT2D eigenvalue weighted by atomic mass is 19.2. The molecule has 2 aromatic rings. The molecule has 6 heteroatoms. The fraction of sp³-hybridized carbons (Fsp3) is 0.214. The molecule has 0 aliphatic carbocycles. The zero-order valence-electron chi connectivity index (χ0n) is 10.8. The van der Waals surface area contributed by atoms with E-state index >= 15 is 0 Å². The number of carbonyl (C=O) groups is 1. The van der Waals surface area contributed by atoms with Crippen LogP contribution in [-0.2, 0) is 11.3 Å². The van der Waals surface area contributed by atoms with Crippen LogP contribution in [0, 0.1) is 11.6 Å². The SMILES string of the molecule is CC(Nc1ccc(F)c(F)c1)C(=O)NCc1ccco1. The van der Waals surface area contributed by atoms with Gasteiger partial charge in [-0.25, -0.2) is 8.78 Å². The van der Waals surface area contributed by atoms with Crippen LogP contribution < -0.4 is 10.6 Å². The predicted molar refractivity (Wildman–Crippen MR) is 70.0 cm³/mol. The van der Waals surface area contributed by atoms with Gasteiger partial charge in [0, 0.05) is 11.8 Å². The molecule has 1 heterocycles. The van der Waals surface area contributed by atoms with Crippen molar-refractivity contribution in [2.75, 3.05) is 5.32 Å². The Bertz CT molecular complexity index is 585. The molecular formula is C14H14F2N2O2. The molecule has 1 amide bonds. The molecule has 0 saturated heterocycles. The van der Waals surface area contributed by atoms with Crippen LogP contribution in [0.5, 0.6) is 0 Å². The van der Waals surface area contributed by atoms with Crippen LogP contribution in [-0.4, -0.2) is 11.9 Å². The standard InChI is InChI=1S/C14H14F2N2O2/c1-9(14(19)17-8-11-3-2-6-20-11)18-10-4-5-12(15)13(16)7-10/h2-7,9,18H,8H2,1H3,(H,17,19). The fourth-order valence-corrected chi connectivity index (χ4v) is 1.64. The van der Waals surface area contributed by atoms with E-state index < -0.39 is 17.7 Å². The number of benzene rings is 1. The highest BCUT2D eigenvalue weighted by Gasteiger charge is 2.13. The zero-order valence-corrected chi connectivity index (χ0v) is 10.8. The van der Waals surface area contributed by atoms with Crippen molar-refractivity contribution in [1.82, 2.24) is 5.32 Å². The second-order valence-electron chi connectivity index (χ2n) is 4.29. The average Bonchev–Trinajstić information content (AvgIpc) is 2.93. The van der Waals surface area contributed by atoms with Crippen molar-refractivity contribution in [2.24, 2.45) is 0 Å². The highest BCUT2D eigenvalue weighted by molar-refractivity contribution is 5.84. The summed E-state index contributed by atoms with van der Waals surface area (Å²) in [5.41, 5.74) is 0.338. The molecule has 0 aliphatic rings. The van der Waals surface area contributed by atoms with Gasteiger partial charge in [-0.3, -0.25) is 4.79 Å². The minimum absolute atomic E-state index is 0.272. The summed E-state index contributed by atoms with van der Waals surface area (Å²) in [7, 11) is 0. The second-order valence-corrected chi connectivity index (χ2v) is 4.29. The van der Waals surface area contributed by atoms with Gasteiger partial charge in [0.05, 0.1) is 12.8 Å². The number of nitrogens with one attached hydrogen (secondary N) is 2. The van der Waals surface area contributed by atoms with Crippen molar-refractivity contribution in [3.63, 3.8) is 0 Å². The third-order valence-corrected chi connectivity index (χ3v) is 2.71. The number of hydrogen-bond donors (Lipinski definition) is 2. The lowest BCUT2D eigenvalue weighted by molar-refractivity contribution is -0.121. The molecular weight excluding hydrogens is 266 g/mol. The zero-order chi connectivity index (χ0) is 14.5. The molecule has 0 fully saturated rings.